The van der Waals surface area contributed by atoms with Gasteiger partial charge in [-0.15, -0.1) is 0 Å². The Morgan fingerprint density at radius 2 is 1.95 bits per heavy atom. The Hall–Kier alpha value is -1.78. The predicted octanol–water partition coefficient (Wildman–Crippen LogP) is 3.99. The third kappa shape index (κ3) is 3.86. The van der Waals surface area contributed by atoms with Gasteiger partial charge in [0.2, 0.25) is 0 Å². The van der Waals surface area contributed by atoms with Crippen molar-refractivity contribution in [1.82, 2.24) is 4.90 Å². The van der Waals surface area contributed by atoms with E-state index in [4.69, 9.17) is 28.9 Å². The van der Waals surface area contributed by atoms with Crippen LogP contribution in [0.3, 0.4) is 0 Å². The number of carbonyl (C=O) groups excluding carboxylic acids is 1. The summed E-state index contributed by atoms with van der Waals surface area (Å²) in [5.41, 5.74) is 6.69. The zero-order valence-electron chi connectivity index (χ0n) is 11.2. The summed E-state index contributed by atoms with van der Waals surface area (Å²) in [4.78, 5) is 13.7. The number of rotatable bonds is 3. The average molecular weight is 327 g/mol. The number of amides is 1. The molecule has 0 aliphatic rings. The Bertz CT molecular complexity index is 671. The smallest absolute Gasteiger partial charge is 0.254 e. The molecule has 0 radical (unpaired) electrons. The Balaban J connectivity index is 2.19. The molecule has 110 valence electrons. The van der Waals surface area contributed by atoms with Gasteiger partial charge < -0.3 is 10.6 Å². The van der Waals surface area contributed by atoms with Crippen molar-refractivity contribution in [2.45, 2.75) is 6.54 Å². The summed E-state index contributed by atoms with van der Waals surface area (Å²) in [6, 6.07) is 8.80. The van der Waals surface area contributed by atoms with Crippen molar-refractivity contribution in [3.05, 3.63) is 63.4 Å². The van der Waals surface area contributed by atoms with E-state index >= 15 is 0 Å². The number of hydrogen-bond acceptors (Lipinski definition) is 2. The molecule has 2 aromatic carbocycles. The minimum absolute atomic E-state index is 0.195. The fraction of sp³-hybridized carbons (Fsp3) is 0.133. The Morgan fingerprint density at radius 3 is 2.57 bits per heavy atom. The van der Waals surface area contributed by atoms with E-state index in [1.165, 1.54) is 11.0 Å². The third-order valence-corrected chi connectivity index (χ3v) is 3.52. The molecule has 0 bridgehead atoms. The molecule has 0 saturated carbocycles. The summed E-state index contributed by atoms with van der Waals surface area (Å²) in [7, 11) is 1.61. The van der Waals surface area contributed by atoms with Crippen molar-refractivity contribution in [3.8, 4) is 0 Å². The normalized spacial score (nSPS) is 10.5. The molecule has 3 nitrogen and oxygen atoms in total. The minimum atomic E-state index is -0.545. The van der Waals surface area contributed by atoms with E-state index in [1.807, 2.05) is 0 Å². The molecular weight excluding hydrogens is 314 g/mol. The lowest BCUT2D eigenvalue weighted by Crippen LogP contribution is -2.26. The van der Waals surface area contributed by atoms with Crippen molar-refractivity contribution >= 4 is 34.8 Å². The first-order chi connectivity index (χ1) is 9.86. The van der Waals surface area contributed by atoms with Crippen molar-refractivity contribution < 1.29 is 9.18 Å². The molecule has 0 aromatic heterocycles. The van der Waals surface area contributed by atoms with E-state index in [0.717, 1.165) is 17.7 Å². The Labute approximate surface area is 132 Å². The summed E-state index contributed by atoms with van der Waals surface area (Å²) >= 11 is 11.9. The van der Waals surface area contributed by atoms with Crippen LogP contribution < -0.4 is 5.73 Å². The monoisotopic (exact) mass is 326 g/mol. The van der Waals surface area contributed by atoms with Crippen molar-refractivity contribution in [3.63, 3.8) is 0 Å². The number of halogens is 3. The maximum Gasteiger partial charge on any atom is 0.254 e. The van der Waals surface area contributed by atoms with Gasteiger partial charge in [-0.05, 0) is 35.9 Å². The number of benzene rings is 2. The molecule has 0 fully saturated rings. The number of anilines is 1. The zero-order valence-corrected chi connectivity index (χ0v) is 12.7. The molecule has 0 aliphatic heterocycles. The van der Waals surface area contributed by atoms with Crippen LogP contribution in [0.1, 0.15) is 15.9 Å². The van der Waals surface area contributed by atoms with Crippen LogP contribution in [0, 0.1) is 5.82 Å². The largest absolute Gasteiger partial charge is 0.399 e. The number of carbonyl (C=O) groups is 1. The summed E-state index contributed by atoms with van der Waals surface area (Å²) in [6.45, 7) is 0.283. The van der Waals surface area contributed by atoms with E-state index in [0.29, 0.717) is 10.0 Å². The fourth-order valence-corrected chi connectivity index (χ4v) is 2.40. The summed E-state index contributed by atoms with van der Waals surface area (Å²) in [5, 5.41) is 0.997. The molecule has 0 spiro atoms. The van der Waals surface area contributed by atoms with Gasteiger partial charge in [-0.3, -0.25) is 4.79 Å². The molecule has 21 heavy (non-hydrogen) atoms. The number of hydrogen-bond donors (Lipinski definition) is 1. The van der Waals surface area contributed by atoms with E-state index in [-0.39, 0.29) is 23.7 Å². The first kappa shape index (κ1) is 15.6. The lowest BCUT2D eigenvalue weighted by molar-refractivity contribution is 0.0784. The van der Waals surface area contributed by atoms with E-state index in [1.54, 1.807) is 25.2 Å². The van der Waals surface area contributed by atoms with Crippen LogP contribution >= 0.6 is 23.2 Å². The lowest BCUT2D eigenvalue weighted by atomic mass is 10.1. The quantitative estimate of drug-likeness (QED) is 0.867. The van der Waals surface area contributed by atoms with Crippen LogP contribution in [0.4, 0.5) is 10.1 Å². The molecular formula is C15H13Cl2FN2O. The molecule has 0 heterocycles. The highest BCUT2D eigenvalue weighted by molar-refractivity contribution is 6.35. The second kappa shape index (κ2) is 6.33. The predicted molar refractivity (Wildman–Crippen MR) is 83.1 cm³/mol. The van der Waals surface area contributed by atoms with Crippen molar-refractivity contribution in [2.24, 2.45) is 0 Å². The SMILES string of the molecule is CN(Cc1ccc(Cl)cc1Cl)C(=O)c1cc(N)cc(F)c1. The highest BCUT2D eigenvalue weighted by Gasteiger charge is 2.15. The molecule has 0 atom stereocenters. The van der Waals surface area contributed by atoms with Gasteiger partial charge in [0.25, 0.3) is 5.91 Å². The van der Waals surface area contributed by atoms with Crippen LogP contribution in [0.2, 0.25) is 10.0 Å². The molecule has 0 aliphatic carbocycles. The van der Waals surface area contributed by atoms with Crippen LogP contribution in [-0.4, -0.2) is 17.9 Å². The maximum atomic E-state index is 13.3. The molecule has 0 unspecified atom stereocenters. The second-order valence-corrected chi connectivity index (χ2v) is 5.51. The van der Waals surface area contributed by atoms with Gasteiger partial charge in [-0.25, -0.2) is 4.39 Å². The summed E-state index contributed by atoms with van der Waals surface area (Å²) in [5.74, 6) is -0.886. The zero-order chi connectivity index (χ0) is 15.6. The van der Waals surface area contributed by atoms with Crippen LogP contribution in [0.5, 0.6) is 0 Å². The van der Waals surface area contributed by atoms with Crippen molar-refractivity contribution in [1.29, 1.82) is 0 Å². The molecule has 2 aromatic rings. The van der Waals surface area contributed by atoms with Gasteiger partial charge >= 0.3 is 0 Å². The van der Waals surface area contributed by atoms with Gasteiger partial charge in [0.1, 0.15) is 5.82 Å². The average Bonchev–Trinajstić information content (AvgIpc) is 2.40. The van der Waals surface area contributed by atoms with E-state index < -0.39 is 5.82 Å². The first-order valence-electron chi connectivity index (χ1n) is 6.12. The van der Waals surface area contributed by atoms with Gasteiger partial charge in [-0.2, -0.15) is 0 Å². The highest BCUT2D eigenvalue weighted by atomic mass is 35.5. The first-order valence-corrected chi connectivity index (χ1v) is 6.88. The van der Waals surface area contributed by atoms with Gasteiger partial charge in [0, 0.05) is 34.9 Å². The van der Waals surface area contributed by atoms with Crippen molar-refractivity contribution in [2.75, 3.05) is 12.8 Å². The van der Waals surface area contributed by atoms with Gasteiger partial charge in [0.15, 0.2) is 0 Å². The molecule has 2 rings (SSSR count). The fourth-order valence-electron chi connectivity index (χ4n) is 1.93. The third-order valence-electron chi connectivity index (χ3n) is 2.94. The van der Waals surface area contributed by atoms with Crippen LogP contribution in [-0.2, 0) is 6.54 Å². The number of nitrogen functional groups attached to an aromatic ring is 1. The molecule has 2 N–H and O–H groups in total. The topological polar surface area (TPSA) is 46.3 Å². The van der Waals surface area contributed by atoms with Crippen LogP contribution in [0.25, 0.3) is 0 Å². The van der Waals surface area contributed by atoms with Gasteiger partial charge in [-0.1, -0.05) is 29.3 Å². The number of nitrogens with zero attached hydrogens (tertiary/aromatic N) is 1. The van der Waals surface area contributed by atoms with E-state index in [9.17, 15) is 9.18 Å². The molecule has 0 saturated heterocycles. The molecule has 6 heteroatoms. The Morgan fingerprint density at radius 1 is 1.24 bits per heavy atom. The summed E-state index contributed by atoms with van der Waals surface area (Å²) in [6.07, 6.45) is 0. The summed E-state index contributed by atoms with van der Waals surface area (Å²) < 4.78 is 13.3. The second-order valence-electron chi connectivity index (χ2n) is 4.67. The molecule has 1 amide bonds. The minimum Gasteiger partial charge on any atom is -0.399 e. The van der Waals surface area contributed by atoms with Crippen LogP contribution in [0.15, 0.2) is 36.4 Å². The maximum absolute atomic E-state index is 13.3. The highest BCUT2D eigenvalue weighted by Crippen LogP contribution is 2.22. The van der Waals surface area contributed by atoms with Gasteiger partial charge in [0.05, 0.1) is 0 Å². The lowest BCUT2D eigenvalue weighted by Gasteiger charge is -2.18. The van der Waals surface area contributed by atoms with E-state index in [2.05, 4.69) is 0 Å². The number of nitrogens with two attached hydrogens (primary N) is 1. The Kier molecular flexibility index (Phi) is 4.70. The standard InChI is InChI=1S/C15H13Cl2FN2O/c1-20(8-9-2-3-11(16)6-14(9)17)15(21)10-4-12(18)7-13(19)5-10/h2-7H,8,19H2,1H3.